The van der Waals surface area contributed by atoms with Crippen LogP contribution < -0.4 is 9.47 Å². The van der Waals surface area contributed by atoms with Gasteiger partial charge in [-0.2, -0.15) is 13.2 Å². The van der Waals surface area contributed by atoms with Crippen molar-refractivity contribution >= 4 is 23.3 Å². The maximum atomic E-state index is 12.7. The smallest absolute Gasteiger partial charge is 0.416 e. The number of nitro benzene ring substituents is 1. The van der Waals surface area contributed by atoms with Gasteiger partial charge in [-0.15, -0.1) is 0 Å². The lowest BCUT2D eigenvalue weighted by Gasteiger charge is -2.14. The fraction of sp³-hybridized carbons (Fsp3) is 0.235. The van der Waals surface area contributed by atoms with Gasteiger partial charge in [0.2, 0.25) is 5.75 Å². The molecule has 1 aliphatic rings. The van der Waals surface area contributed by atoms with Crippen LogP contribution >= 0.6 is 11.6 Å². The number of benzene rings is 2. The van der Waals surface area contributed by atoms with Crippen LogP contribution in [0.4, 0.5) is 18.9 Å². The van der Waals surface area contributed by atoms with Crippen LogP contribution in [-0.2, 0) is 15.7 Å². The predicted molar refractivity (Wildman–Crippen MR) is 89.6 cm³/mol. The largest absolute Gasteiger partial charge is 0.479 e. The van der Waals surface area contributed by atoms with E-state index in [2.05, 4.69) is 0 Å². The van der Waals surface area contributed by atoms with E-state index in [-0.39, 0.29) is 41.0 Å². The first-order chi connectivity index (χ1) is 13.1. The number of rotatable bonds is 5. The first-order valence-corrected chi connectivity index (χ1v) is 8.16. The molecule has 0 saturated carbocycles. The Morgan fingerprint density at radius 2 is 1.93 bits per heavy atom. The van der Waals surface area contributed by atoms with Crippen LogP contribution in [0.1, 0.15) is 12.0 Å². The van der Waals surface area contributed by atoms with E-state index in [1.165, 1.54) is 12.1 Å². The van der Waals surface area contributed by atoms with Gasteiger partial charge in [0, 0.05) is 12.1 Å². The molecule has 0 N–H and O–H groups in total. The molecule has 1 atom stereocenters. The average molecular weight is 418 g/mol. The average Bonchev–Trinajstić information content (AvgIpc) is 3.00. The molecule has 3 rings (SSSR count). The minimum Gasteiger partial charge on any atom is -0.479 e. The Bertz CT molecular complexity index is 934. The summed E-state index contributed by atoms with van der Waals surface area (Å²) in [6, 6.07) is 6.09. The van der Waals surface area contributed by atoms with Gasteiger partial charge in [0.15, 0.2) is 0 Å². The molecule has 0 aliphatic carbocycles. The van der Waals surface area contributed by atoms with Crippen LogP contribution in [0.3, 0.4) is 0 Å². The van der Waals surface area contributed by atoms with Crippen LogP contribution in [0, 0.1) is 10.1 Å². The quantitative estimate of drug-likeness (QED) is 0.396. The van der Waals surface area contributed by atoms with Gasteiger partial charge < -0.3 is 14.2 Å². The van der Waals surface area contributed by atoms with Crippen molar-refractivity contribution in [2.75, 3.05) is 6.61 Å². The van der Waals surface area contributed by atoms with E-state index >= 15 is 0 Å². The molecule has 1 aliphatic heterocycles. The van der Waals surface area contributed by atoms with E-state index in [0.717, 1.165) is 18.2 Å². The maximum absolute atomic E-state index is 12.7. The van der Waals surface area contributed by atoms with Crippen molar-refractivity contribution in [1.82, 2.24) is 0 Å². The number of alkyl halides is 3. The lowest BCUT2D eigenvalue weighted by Crippen LogP contribution is -2.16. The number of halogens is 4. The molecule has 1 fully saturated rings. The lowest BCUT2D eigenvalue weighted by molar-refractivity contribution is -0.386. The third-order valence-corrected chi connectivity index (χ3v) is 4.03. The maximum Gasteiger partial charge on any atom is 0.416 e. The normalized spacial score (nSPS) is 16.6. The summed E-state index contributed by atoms with van der Waals surface area (Å²) in [6.45, 7) is -0.0498. The van der Waals surface area contributed by atoms with Gasteiger partial charge in [0.1, 0.15) is 24.2 Å². The minimum absolute atomic E-state index is 0.0486. The molecular formula is C17H11ClF3NO6. The van der Waals surface area contributed by atoms with Crippen molar-refractivity contribution < 1.29 is 37.1 Å². The van der Waals surface area contributed by atoms with Crippen molar-refractivity contribution in [3.63, 3.8) is 0 Å². The Kier molecular flexibility index (Phi) is 5.32. The summed E-state index contributed by atoms with van der Waals surface area (Å²) in [4.78, 5) is 21.6. The molecule has 11 heteroatoms. The van der Waals surface area contributed by atoms with E-state index in [4.69, 9.17) is 25.8 Å². The fourth-order valence-electron chi connectivity index (χ4n) is 2.43. The standard InChI is InChI=1S/C17H11ClF3NO6/c18-12-5-9(17(19,20)21)1-4-14(12)27-10-2-3-13(22(24)25)15(6-10)28-11-7-16(23)26-8-11/h1-6,11H,7-8H2. The Morgan fingerprint density at radius 1 is 1.18 bits per heavy atom. The molecule has 0 aromatic heterocycles. The third kappa shape index (κ3) is 4.45. The van der Waals surface area contributed by atoms with E-state index in [9.17, 15) is 28.1 Å². The highest BCUT2D eigenvalue weighted by molar-refractivity contribution is 6.32. The van der Waals surface area contributed by atoms with Crippen LogP contribution in [-0.4, -0.2) is 23.6 Å². The highest BCUT2D eigenvalue weighted by Crippen LogP contribution is 2.39. The summed E-state index contributed by atoms with van der Waals surface area (Å²) in [5.41, 5.74) is -1.31. The number of ether oxygens (including phenoxy) is 3. The molecule has 7 nitrogen and oxygen atoms in total. The Morgan fingerprint density at radius 3 is 2.50 bits per heavy atom. The van der Waals surface area contributed by atoms with Crippen molar-refractivity contribution in [3.8, 4) is 17.2 Å². The van der Waals surface area contributed by atoms with Crippen molar-refractivity contribution in [2.45, 2.75) is 18.7 Å². The molecule has 2 aromatic rings. The van der Waals surface area contributed by atoms with Crippen molar-refractivity contribution in [2.24, 2.45) is 0 Å². The predicted octanol–water partition coefficient (Wildman–Crippen LogP) is 4.75. The molecule has 1 saturated heterocycles. The first-order valence-electron chi connectivity index (χ1n) is 7.79. The summed E-state index contributed by atoms with van der Waals surface area (Å²) in [5, 5.41) is 10.9. The van der Waals surface area contributed by atoms with Crippen LogP contribution in [0.15, 0.2) is 36.4 Å². The van der Waals surface area contributed by atoms with Gasteiger partial charge in [0.05, 0.1) is 21.9 Å². The van der Waals surface area contributed by atoms with Gasteiger partial charge >= 0.3 is 17.8 Å². The first kappa shape index (κ1) is 19.7. The van der Waals surface area contributed by atoms with Gasteiger partial charge in [-0.3, -0.25) is 14.9 Å². The zero-order valence-corrected chi connectivity index (χ0v) is 14.6. The van der Waals surface area contributed by atoms with Crippen LogP contribution in [0.25, 0.3) is 0 Å². The molecule has 28 heavy (non-hydrogen) atoms. The molecule has 2 aromatic carbocycles. The van der Waals surface area contributed by atoms with Crippen LogP contribution in [0.2, 0.25) is 5.02 Å². The van der Waals surface area contributed by atoms with E-state index < -0.39 is 28.7 Å². The topological polar surface area (TPSA) is 87.9 Å². The zero-order valence-electron chi connectivity index (χ0n) is 13.9. The number of hydrogen-bond donors (Lipinski definition) is 0. The second-order valence-electron chi connectivity index (χ2n) is 5.76. The van der Waals surface area contributed by atoms with E-state index in [1.807, 2.05) is 0 Å². The van der Waals surface area contributed by atoms with Gasteiger partial charge in [0.25, 0.3) is 0 Å². The molecule has 0 spiro atoms. The monoisotopic (exact) mass is 417 g/mol. The molecule has 0 bridgehead atoms. The van der Waals surface area contributed by atoms with E-state index in [1.54, 1.807) is 0 Å². The summed E-state index contributed by atoms with van der Waals surface area (Å²) >= 11 is 5.84. The van der Waals surface area contributed by atoms with Gasteiger partial charge in [-0.25, -0.2) is 0 Å². The molecule has 1 heterocycles. The third-order valence-electron chi connectivity index (χ3n) is 3.73. The molecule has 0 radical (unpaired) electrons. The fourth-order valence-corrected chi connectivity index (χ4v) is 2.65. The molecule has 1 unspecified atom stereocenters. The summed E-state index contributed by atoms with van der Waals surface area (Å²) in [6.07, 6.45) is -5.32. The number of cyclic esters (lactones) is 1. The number of carbonyl (C=O) groups is 1. The van der Waals surface area contributed by atoms with Gasteiger partial charge in [-0.05, 0) is 24.3 Å². The minimum atomic E-state index is -4.56. The number of nitrogens with zero attached hydrogens (tertiary/aromatic N) is 1. The van der Waals surface area contributed by atoms with E-state index in [0.29, 0.717) is 6.07 Å². The number of esters is 1. The Balaban J connectivity index is 1.85. The molecule has 148 valence electrons. The zero-order chi connectivity index (χ0) is 20.5. The number of hydrogen-bond acceptors (Lipinski definition) is 6. The second-order valence-corrected chi connectivity index (χ2v) is 6.17. The highest BCUT2D eigenvalue weighted by atomic mass is 35.5. The summed E-state index contributed by atoms with van der Waals surface area (Å²) in [7, 11) is 0. The molecular weight excluding hydrogens is 407 g/mol. The number of nitro groups is 1. The second kappa shape index (κ2) is 7.55. The Labute approximate surface area is 160 Å². The van der Waals surface area contributed by atoms with Gasteiger partial charge in [-0.1, -0.05) is 11.6 Å². The van der Waals surface area contributed by atoms with Crippen molar-refractivity contribution in [3.05, 3.63) is 57.1 Å². The Hall–Kier alpha value is -3.01. The van der Waals surface area contributed by atoms with Crippen molar-refractivity contribution in [1.29, 1.82) is 0 Å². The summed E-state index contributed by atoms with van der Waals surface area (Å²) < 4.78 is 53.8. The number of carbonyl (C=O) groups excluding carboxylic acids is 1. The lowest BCUT2D eigenvalue weighted by atomic mass is 10.2. The highest BCUT2D eigenvalue weighted by Gasteiger charge is 2.31. The molecule has 0 amide bonds. The SMILES string of the molecule is O=C1CC(Oc2cc(Oc3ccc(C(F)(F)F)cc3Cl)ccc2[N+](=O)[O-])CO1. The van der Waals surface area contributed by atoms with Crippen LogP contribution in [0.5, 0.6) is 17.2 Å². The summed E-state index contributed by atoms with van der Waals surface area (Å²) in [5.74, 6) is -0.688.